The van der Waals surface area contributed by atoms with Gasteiger partial charge >= 0.3 is 36.2 Å². The molecule has 0 saturated heterocycles. The van der Waals surface area contributed by atoms with Gasteiger partial charge in [-0.25, -0.2) is 19.2 Å². The molecular formula is C49H40F6N2O14. The smallest absolute Gasteiger partial charge is 0.389 e. The van der Waals surface area contributed by atoms with Crippen molar-refractivity contribution >= 4 is 47.4 Å². The number of benzene rings is 5. The van der Waals surface area contributed by atoms with E-state index in [0.29, 0.717) is 17.2 Å². The molecule has 0 spiro atoms. The van der Waals surface area contributed by atoms with Crippen LogP contribution >= 0.6 is 0 Å². The number of halogens is 6. The molecular weight excluding hydrogens is 955 g/mol. The maximum atomic E-state index is 12.8. The maximum absolute atomic E-state index is 12.8. The second kappa shape index (κ2) is 25.2. The normalized spacial score (nSPS) is 12.0. The molecule has 0 aliphatic heterocycles. The topological polar surface area (TPSA) is 210 Å². The van der Waals surface area contributed by atoms with Gasteiger partial charge in [0.15, 0.2) is 0 Å². The van der Waals surface area contributed by atoms with Crippen LogP contribution in [0.4, 0.5) is 37.7 Å². The van der Waals surface area contributed by atoms with E-state index in [9.17, 15) is 65.7 Å². The quantitative estimate of drug-likeness (QED) is 0.0113. The molecule has 0 bridgehead atoms. The lowest BCUT2D eigenvalue weighted by Gasteiger charge is -2.17. The molecule has 0 aliphatic rings. The van der Waals surface area contributed by atoms with Gasteiger partial charge in [-0.1, -0.05) is 24.3 Å². The van der Waals surface area contributed by atoms with Crippen molar-refractivity contribution in [2.24, 2.45) is 0 Å². The second-order valence-electron chi connectivity index (χ2n) is 15.0. The molecule has 0 aromatic heterocycles. The van der Waals surface area contributed by atoms with Crippen molar-refractivity contribution in [1.29, 1.82) is 0 Å². The molecule has 0 saturated carbocycles. The number of hydrogen-bond acceptors (Lipinski definition) is 14. The predicted molar refractivity (Wildman–Crippen MR) is 240 cm³/mol. The predicted octanol–water partition coefficient (Wildman–Crippen LogP) is 11.0. The number of ether oxygens (including phenoxy) is 6. The van der Waals surface area contributed by atoms with Crippen LogP contribution in [0.15, 0.2) is 127 Å². The highest BCUT2D eigenvalue weighted by Gasteiger charge is 2.29. The van der Waals surface area contributed by atoms with E-state index in [0.717, 1.165) is 24.3 Å². The molecule has 71 heavy (non-hydrogen) atoms. The summed E-state index contributed by atoms with van der Waals surface area (Å²) >= 11 is 0. The van der Waals surface area contributed by atoms with Crippen molar-refractivity contribution in [3.05, 3.63) is 175 Å². The summed E-state index contributed by atoms with van der Waals surface area (Å²) in [5.41, 5.74) is -0.255. The van der Waals surface area contributed by atoms with Gasteiger partial charge in [0.2, 0.25) is 0 Å². The van der Waals surface area contributed by atoms with Gasteiger partial charge in [-0.15, -0.1) is 0 Å². The number of rotatable bonds is 23. The van der Waals surface area contributed by atoms with Gasteiger partial charge < -0.3 is 28.4 Å². The van der Waals surface area contributed by atoms with E-state index in [4.69, 9.17) is 28.4 Å². The first kappa shape index (κ1) is 53.4. The summed E-state index contributed by atoms with van der Waals surface area (Å²) in [6, 6.07) is 25.7. The zero-order valence-electron chi connectivity index (χ0n) is 36.9. The van der Waals surface area contributed by atoms with Crippen molar-refractivity contribution in [3.8, 4) is 23.0 Å². The molecule has 0 N–H and O–H groups in total. The third-order valence-electron chi connectivity index (χ3n) is 9.65. The summed E-state index contributed by atoms with van der Waals surface area (Å²) < 4.78 is 106. The molecule has 0 amide bonds. The number of non-ortho nitro benzene ring substituents is 1. The van der Waals surface area contributed by atoms with E-state index < -0.39 is 89.4 Å². The Kier molecular flexibility index (Phi) is 18.9. The monoisotopic (exact) mass is 994 g/mol. The molecule has 5 aromatic rings. The molecule has 0 unspecified atom stereocenters. The first-order chi connectivity index (χ1) is 33.7. The van der Waals surface area contributed by atoms with Gasteiger partial charge in [0, 0.05) is 36.6 Å². The Morgan fingerprint density at radius 3 is 1.30 bits per heavy atom. The number of nitro groups is 2. The highest BCUT2D eigenvalue weighted by atomic mass is 19.4. The number of hydrogen-bond donors (Lipinski definition) is 0. The fourth-order valence-electron chi connectivity index (χ4n) is 6.09. The Bertz CT molecular complexity index is 2560. The van der Waals surface area contributed by atoms with Crippen molar-refractivity contribution in [2.75, 3.05) is 26.4 Å². The summed E-state index contributed by atoms with van der Waals surface area (Å²) in [5, 5.41) is 23.4. The van der Waals surface area contributed by atoms with Gasteiger partial charge in [0.25, 0.3) is 11.4 Å². The second-order valence-corrected chi connectivity index (χ2v) is 15.0. The SMILES string of the molecule is O=C(C=Cc1ccc(OC(=O)c2ccc(OCCCC(F)(F)F)cc2)cc1)OCC(COC(=O)C=Cc1ccc(OC(=O)c2ccc(OCCCC(F)(F)F)cc2)cc1)c1ccc([N+](=O)[O-])cc1[N+](=O)[O-]. The van der Waals surface area contributed by atoms with Crippen molar-refractivity contribution < 1.29 is 83.8 Å². The van der Waals surface area contributed by atoms with E-state index in [1.54, 1.807) is 0 Å². The van der Waals surface area contributed by atoms with E-state index in [2.05, 4.69) is 0 Å². The molecule has 5 rings (SSSR count). The van der Waals surface area contributed by atoms with Gasteiger partial charge in [-0.05, 0) is 115 Å². The number of alkyl halides is 6. The Morgan fingerprint density at radius 2 is 0.930 bits per heavy atom. The minimum absolute atomic E-state index is 0.136. The summed E-state index contributed by atoms with van der Waals surface area (Å²) in [7, 11) is 0. The highest BCUT2D eigenvalue weighted by Crippen LogP contribution is 2.32. The van der Waals surface area contributed by atoms with Gasteiger partial charge in [0.1, 0.15) is 36.2 Å². The molecule has 5 aromatic carbocycles. The van der Waals surface area contributed by atoms with Crippen LogP contribution in [0.2, 0.25) is 0 Å². The van der Waals surface area contributed by atoms with Crippen LogP contribution in [0.3, 0.4) is 0 Å². The van der Waals surface area contributed by atoms with Crippen LogP contribution in [0.25, 0.3) is 12.2 Å². The average molecular weight is 995 g/mol. The molecule has 16 nitrogen and oxygen atoms in total. The molecule has 0 aliphatic carbocycles. The van der Waals surface area contributed by atoms with E-state index >= 15 is 0 Å². The summed E-state index contributed by atoms with van der Waals surface area (Å²) in [6.07, 6.45) is -6.26. The lowest BCUT2D eigenvalue weighted by molar-refractivity contribution is -0.394. The zero-order chi connectivity index (χ0) is 51.6. The number of carbonyl (C=O) groups is 4. The Labute approximate surface area is 399 Å². The van der Waals surface area contributed by atoms with Crippen LogP contribution in [0.1, 0.15) is 69.0 Å². The van der Waals surface area contributed by atoms with Crippen LogP contribution in [-0.2, 0) is 19.1 Å². The highest BCUT2D eigenvalue weighted by molar-refractivity contribution is 5.92. The summed E-state index contributed by atoms with van der Waals surface area (Å²) in [4.78, 5) is 72.5. The molecule has 22 heteroatoms. The molecule has 0 radical (unpaired) electrons. The minimum Gasteiger partial charge on any atom is -0.494 e. The Morgan fingerprint density at radius 1 is 0.535 bits per heavy atom. The fraction of sp³-hybridized carbons (Fsp3) is 0.224. The van der Waals surface area contributed by atoms with Crippen LogP contribution in [0.5, 0.6) is 23.0 Å². The van der Waals surface area contributed by atoms with E-state index in [1.165, 1.54) is 109 Å². The lowest BCUT2D eigenvalue weighted by atomic mass is 9.98. The number of esters is 4. The van der Waals surface area contributed by atoms with Crippen molar-refractivity contribution in [2.45, 2.75) is 44.0 Å². The van der Waals surface area contributed by atoms with Gasteiger partial charge in [-0.3, -0.25) is 20.2 Å². The Hall–Kier alpha value is -8.56. The van der Waals surface area contributed by atoms with Gasteiger partial charge in [0.05, 0.1) is 46.2 Å². The first-order valence-electron chi connectivity index (χ1n) is 21.1. The standard InChI is InChI=1S/C49H40F6N2O14/c50-48(51,52)25-1-27-66-38-18-9-34(10-19-38)46(60)70-40-14-3-32(4-15-40)7-23-44(58)68-30-36(42-22-13-37(56(62)63)29-43(42)57(64)65)31-69-45(59)24-8-33-5-16-41(17-6-33)71-47(61)35-11-20-39(21-12-35)67-28-2-26-49(53,54)55/h3-24,29,36H,1-2,25-28,30-31H2. The lowest BCUT2D eigenvalue weighted by Crippen LogP contribution is -2.19. The number of nitrogens with zero attached hydrogens (tertiary/aromatic N) is 2. The summed E-state index contributed by atoms with van der Waals surface area (Å²) in [5.74, 6) is -3.70. The number of nitro benzene ring substituents is 2. The van der Waals surface area contributed by atoms with Crippen LogP contribution in [0, 0.1) is 20.2 Å². The molecule has 372 valence electrons. The molecule has 0 fully saturated rings. The Balaban J connectivity index is 1.13. The zero-order valence-corrected chi connectivity index (χ0v) is 36.9. The van der Waals surface area contributed by atoms with Crippen LogP contribution < -0.4 is 18.9 Å². The third-order valence-corrected chi connectivity index (χ3v) is 9.65. The first-order valence-corrected chi connectivity index (χ1v) is 21.1. The van der Waals surface area contributed by atoms with Crippen molar-refractivity contribution in [3.63, 3.8) is 0 Å². The van der Waals surface area contributed by atoms with Gasteiger partial charge in [-0.2, -0.15) is 26.3 Å². The van der Waals surface area contributed by atoms with Crippen molar-refractivity contribution in [1.82, 2.24) is 0 Å². The number of carbonyl (C=O) groups excluding carboxylic acids is 4. The molecule has 0 atom stereocenters. The third kappa shape index (κ3) is 18.5. The average Bonchev–Trinajstić information content (AvgIpc) is 3.33. The largest absolute Gasteiger partial charge is 0.494 e. The summed E-state index contributed by atoms with van der Waals surface area (Å²) in [6.45, 7) is -1.49. The maximum Gasteiger partial charge on any atom is 0.389 e. The fourth-order valence-corrected chi connectivity index (χ4v) is 6.09. The molecule has 0 heterocycles. The van der Waals surface area contributed by atoms with Crippen LogP contribution in [-0.4, -0.2) is 72.5 Å². The van der Waals surface area contributed by atoms with E-state index in [-0.39, 0.29) is 65.7 Å². The minimum atomic E-state index is -4.29. The van der Waals surface area contributed by atoms with E-state index in [1.807, 2.05) is 0 Å².